The lowest BCUT2D eigenvalue weighted by Gasteiger charge is -2.14. The first-order chi connectivity index (χ1) is 14.0. The lowest BCUT2D eigenvalue weighted by Crippen LogP contribution is -2.22. The second-order valence-corrected chi connectivity index (χ2v) is 7.44. The number of benzene rings is 2. The van der Waals surface area contributed by atoms with Gasteiger partial charge in [0.25, 0.3) is 5.56 Å². The number of amides is 1. The molecule has 3 heterocycles. The van der Waals surface area contributed by atoms with E-state index in [1.165, 1.54) is 6.08 Å². The SMILES string of the molecule is C=CC(=O)N1Cc2ccc(-n3c(=O)ccc4cnc5ccc(C)cc5c43)cc2C1. The Morgan fingerprint density at radius 1 is 1.07 bits per heavy atom. The topological polar surface area (TPSA) is 55.2 Å². The molecule has 0 aliphatic carbocycles. The van der Waals surface area contributed by atoms with E-state index >= 15 is 0 Å². The molecule has 0 N–H and O–H groups in total. The second-order valence-electron chi connectivity index (χ2n) is 7.44. The van der Waals surface area contributed by atoms with Gasteiger partial charge < -0.3 is 4.90 Å². The van der Waals surface area contributed by atoms with Crippen LogP contribution in [0.15, 0.2) is 72.2 Å². The normalized spacial score (nSPS) is 13.1. The van der Waals surface area contributed by atoms with E-state index in [0.717, 1.165) is 44.2 Å². The number of hydrogen-bond donors (Lipinski definition) is 0. The molecular weight excluding hydrogens is 362 g/mol. The van der Waals surface area contributed by atoms with Crippen molar-refractivity contribution in [3.05, 3.63) is 94.4 Å². The van der Waals surface area contributed by atoms with E-state index < -0.39 is 0 Å². The van der Waals surface area contributed by atoms with Crippen molar-refractivity contribution in [2.24, 2.45) is 0 Å². The summed E-state index contributed by atoms with van der Waals surface area (Å²) in [5.74, 6) is -0.0855. The van der Waals surface area contributed by atoms with E-state index in [1.807, 2.05) is 43.3 Å². The molecule has 4 aromatic rings. The summed E-state index contributed by atoms with van der Waals surface area (Å²) in [5.41, 5.74) is 5.66. The number of hydrogen-bond acceptors (Lipinski definition) is 3. The number of pyridine rings is 2. The van der Waals surface area contributed by atoms with E-state index in [-0.39, 0.29) is 11.5 Å². The van der Waals surface area contributed by atoms with Crippen molar-refractivity contribution >= 4 is 27.7 Å². The molecule has 1 aliphatic heterocycles. The van der Waals surface area contributed by atoms with Gasteiger partial charge in [0.05, 0.1) is 11.0 Å². The average Bonchev–Trinajstić information content (AvgIpc) is 3.16. The molecule has 0 atom stereocenters. The van der Waals surface area contributed by atoms with Crippen LogP contribution in [0.2, 0.25) is 0 Å². The van der Waals surface area contributed by atoms with Gasteiger partial charge in [-0.25, -0.2) is 0 Å². The predicted molar refractivity (Wildman–Crippen MR) is 114 cm³/mol. The zero-order valence-corrected chi connectivity index (χ0v) is 16.1. The van der Waals surface area contributed by atoms with Gasteiger partial charge in [0, 0.05) is 41.8 Å². The lowest BCUT2D eigenvalue weighted by atomic mass is 10.1. The Morgan fingerprint density at radius 2 is 1.90 bits per heavy atom. The Morgan fingerprint density at radius 3 is 2.72 bits per heavy atom. The van der Waals surface area contributed by atoms with Gasteiger partial charge in [-0.05, 0) is 54.5 Å². The Kier molecular flexibility index (Phi) is 3.84. The molecule has 0 fully saturated rings. The molecule has 142 valence electrons. The third-order valence-corrected chi connectivity index (χ3v) is 5.53. The molecule has 5 nitrogen and oxygen atoms in total. The van der Waals surface area contributed by atoms with E-state index in [4.69, 9.17) is 0 Å². The highest BCUT2D eigenvalue weighted by molar-refractivity contribution is 6.04. The summed E-state index contributed by atoms with van der Waals surface area (Å²) in [4.78, 5) is 31.2. The maximum Gasteiger partial charge on any atom is 0.255 e. The minimum absolute atomic E-state index is 0.0855. The van der Waals surface area contributed by atoms with Gasteiger partial charge in [-0.2, -0.15) is 0 Å². The molecule has 5 heteroatoms. The first-order valence-corrected chi connectivity index (χ1v) is 9.50. The third-order valence-electron chi connectivity index (χ3n) is 5.53. The maximum absolute atomic E-state index is 12.9. The van der Waals surface area contributed by atoms with Crippen LogP contribution in [0.1, 0.15) is 16.7 Å². The van der Waals surface area contributed by atoms with Crippen molar-refractivity contribution in [3.63, 3.8) is 0 Å². The highest BCUT2D eigenvalue weighted by Gasteiger charge is 2.22. The first kappa shape index (κ1) is 17.4. The van der Waals surface area contributed by atoms with Gasteiger partial charge in [-0.15, -0.1) is 0 Å². The van der Waals surface area contributed by atoms with Crippen molar-refractivity contribution in [3.8, 4) is 5.69 Å². The molecule has 0 radical (unpaired) electrons. The quantitative estimate of drug-likeness (QED) is 0.391. The van der Waals surface area contributed by atoms with Gasteiger partial charge in [0.2, 0.25) is 5.91 Å². The van der Waals surface area contributed by atoms with E-state index in [1.54, 1.807) is 21.7 Å². The third kappa shape index (κ3) is 2.74. The Bertz CT molecular complexity index is 1380. The van der Waals surface area contributed by atoms with Crippen molar-refractivity contribution in [2.45, 2.75) is 20.0 Å². The first-order valence-electron chi connectivity index (χ1n) is 9.50. The summed E-state index contributed by atoms with van der Waals surface area (Å²) in [5, 5.41) is 1.86. The van der Waals surface area contributed by atoms with Gasteiger partial charge in [0.15, 0.2) is 0 Å². The van der Waals surface area contributed by atoms with E-state index in [9.17, 15) is 9.59 Å². The molecule has 0 spiro atoms. The summed E-state index contributed by atoms with van der Waals surface area (Å²) in [6, 6.07) is 15.4. The monoisotopic (exact) mass is 381 g/mol. The summed E-state index contributed by atoms with van der Waals surface area (Å²) >= 11 is 0. The zero-order valence-electron chi connectivity index (χ0n) is 16.1. The van der Waals surface area contributed by atoms with Gasteiger partial charge in [-0.1, -0.05) is 24.3 Å². The van der Waals surface area contributed by atoms with Gasteiger partial charge in [-0.3, -0.25) is 19.1 Å². The van der Waals surface area contributed by atoms with Crippen molar-refractivity contribution in [2.75, 3.05) is 0 Å². The van der Waals surface area contributed by atoms with E-state index in [2.05, 4.69) is 17.6 Å². The summed E-state index contributed by atoms with van der Waals surface area (Å²) in [6.07, 6.45) is 3.14. The smallest absolute Gasteiger partial charge is 0.255 e. The Balaban J connectivity index is 1.76. The molecule has 0 saturated carbocycles. The Labute approximate surface area is 167 Å². The number of nitrogens with zero attached hydrogens (tertiary/aromatic N) is 3. The van der Waals surface area contributed by atoms with Crippen LogP contribution in [0.3, 0.4) is 0 Å². The maximum atomic E-state index is 12.9. The number of fused-ring (bicyclic) bond motifs is 4. The van der Waals surface area contributed by atoms with Crippen molar-refractivity contribution < 1.29 is 4.79 Å². The van der Waals surface area contributed by atoms with Crippen LogP contribution in [-0.4, -0.2) is 20.4 Å². The predicted octanol–water partition coefficient (Wildman–Crippen LogP) is 3.88. The number of carbonyl (C=O) groups is 1. The van der Waals surface area contributed by atoms with Crippen LogP contribution in [0, 0.1) is 6.92 Å². The van der Waals surface area contributed by atoms with Crippen LogP contribution >= 0.6 is 0 Å². The van der Waals surface area contributed by atoms with Crippen LogP contribution in [-0.2, 0) is 17.9 Å². The molecule has 0 unspecified atom stereocenters. The van der Waals surface area contributed by atoms with Gasteiger partial charge in [0.1, 0.15) is 0 Å². The summed E-state index contributed by atoms with van der Waals surface area (Å²) in [6.45, 7) is 6.69. The highest BCUT2D eigenvalue weighted by Crippen LogP contribution is 2.29. The van der Waals surface area contributed by atoms with Crippen molar-refractivity contribution in [1.82, 2.24) is 14.5 Å². The molecule has 0 saturated heterocycles. The van der Waals surface area contributed by atoms with Crippen LogP contribution < -0.4 is 5.56 Å². The molecule has 29 heavy (non-hydrogen) atoms. The summed E-state index contributed by atoms with van der Waals surface area (Å²) in [7, 11) is 0. The molecule has 1 amide bonds. The van der Waals surface area contributed by atoms with Crippen LogP contribution in [0.4, 0.5) is 0 Å². The number of aryl methyl sites for hydroxylation is 1. The average molecular weight is 381 g/mol. The highest BCUT2D eigenvalue weighted by atomic mass is 16.2. The summed E-state index contributed by atoms with van der Waals surface area (Å²) < 4.78 is 1.75. The fourth-order valence-corrected chi connectivity index (χ4v) is 4.09. The molecule has 2 aromatic carbocycles. The van der Waals surface area contributed by atoms with Crippen LogP contribution in [0.25, 0.3) is 27.5 Å². The minimum atomic E-state index is -0.0940. The second kappa shape index (κ2) is 6.41. The number of aromatic nitrogens is 2. The minimum Gasteiger partial charge on any atom is -0.331 e. The molecule has 5 rings (SSSR count). The zero-order chi connectivity index (χ0) is 20.1. The molecular formula is C24H19N3O2. The fraction of sp³-hybridized carbons (Fsp3) is 0.125. The number of rotatable bonds is 2. The molecule has 1 aliphatic rings. The van der Waals surface area contributed by atoms with Gasteiger partial charge >= 0.3 is 0 Å². The van der Waals surface area contributed by atoms with Crippen molar-refractivity contribution in [1.29, 1.82) is 0 Å². The number of carbonyl (C=O) groups excluding carboxylic acids is 1. The standard InChI is InChI=1S/C24H19N3O2/c1-3-22(28)26-13-17-5-7-19(11-18(17)14-26)27-23(29)9-6-16-12-25-21-8-4-15(2)10-20(21)24(16)27/h3-12H,1,13-14H2,2H3. The molecule has 2 aromatic heterocycles. The lowest BCUT2D eigenvalue weighted by molar-refractivity contribution is -0.126. The fourth-order valence-electron chi connectivity index (χ4n) is 4.09. The van der Waals surface area contributed by atoms with E-state index in [0.29, 0.717) is 13.1 Å². The largest absolute Gasteiger partial charge is 0.331 e. The Hall–Kier alpha value is -3.73. The molecule has 0 bridgehead atoms. The van der Waals surface area contributed by atoms with Crippen LogP contribution in [0.5, 0.6) is 0 Å².